The van der Waals surface area contributed by atoms with E-state index in [1.807, 2.05) is 22.6 Å². The lowest BCUT2D eigenvalue weighted by Crippen LogP contribution is -2.15. The molecule has 0 unspecified atom stereocenters. The highest BCUT2D eigenvalue weighted by atomic mass is 127. The van der Waals surface area contributed by atoms with Gasteiger partial charge in [-0.3, -0.25) is 10.1 Å². The van der Waals surface area contributed by atoms with E-state index < -0.39 is 10.9 Å². The first-order chi connectivity index (χ1) is 8.58. The van der Waals surface area contributed by atoms with Crippen molar-refractivity contribution >= 4 is 34.2 Å². The van der Waals surface area contributed by atoms with Crippen LogP contribution in [0.5, 0.6) is 0 Å². The maximum Gasteiger partial charge on any atom is 0.339 e. The number of carbonyl (C=O) groups is 1. The molecule has 0 bridgehead atoms. The van der Waals surface area contributed by atoms with E-state index in [2.05, 4.69) is 0 Å². The third-order valence-corrected chi connectivity index (χ3v) is 3.90. The summed E-state index contributed by atoms with van der Waals surface area (Å²) in [5.41, 5.74) is 0.186. The number of hydrogen-bond donors (Lipinski definition) is 0. The van der Waals surface area contributed by atoms with Crippen LogP contribution in [-0.2, 0) is 4.74 Å². The van der Waals surface area contributed by atoms with E-state index in [0.717, 1.165) is 25.7 Å². The van der Waals surface area contributed by atoms with Crippen molar-refractivity contribution in [2.24, 2.45) is 0 Å². The van der Waals surface area contributed by atoms with Crippen LogP contribution in [0.1, 0.15) is 36.0 Å². The predicted octanol–water partition coefficient (Wildman–Crippen LogP) is 3.30. The van der Waals surface area contributed by atoms with Crippen LogP contribution < -0.4 is 0 Å². The molecule has 0 aliphatic heterocycles. The molecule has 96 valence electrons. The highest BCUT2D eigenvalue weighted by molar-refractivity contribution is 14.1. The fourth-order valence-corrected chi connectivity index (χ4v) is 2.56. The number of rotatable bonds is 3. The summed E-state index contributed by atoms with van der Waals surface area (Å²) >= 11 is 1.98. The Balaban J connectivity index is 2.17. The van der Waals surface area contributed by atoms with Crippen LogP contribution in [0.2, 0.25) is 0 Å². The van der Waals surface area contributed by atoms with Gasteiger partial charge in [-0.2, -0.15) is 0 Å². The molecule has 0 heterocycles. The van der Waals surface area contributed by atoms with E-state index in [0.29, 0.717) is 3.57 Å². The molecule has 1 aliphatic rings. The number of nitro groups is 1. The fourth-order valence-electron chi connectivity index (χ4n) is 2.00. The fraction of sp³-hybridized carbons (Fsp3) is 0.417. The van der Waals surface area contributed by atoms with E-state index in [-0.39, 0.29) is 17.4 Å². The second-order valence-corrected chi connectivity index (χ2v) is 5.40. The summed E-state index contributed by atoms with van der Waals surface area (Å²) in [6.07, 6.45) is 3.88. The number of hydrogen-bond acceptors (Lipinski definition) is 4. The summed E-state index contributed by atoms with van der Waals surface area (Å²) in [6, 6.07) is 4.22. The van der Waals surface area contributed by atoms with Crippen molar-refractivity contribution in [3.05, 3.63) is 37.4 Å². The van der Waals surface area contributed by atoms with Crippen molar-refractivity contribution in [2.45, 2.75) is 31.8 Å². The maximum absolute atomic E-state index is 11.9. The SMILES string of the molecule is O=C(OC1CCCC1)c1cc([N+](=O)[O-])ccc1I. The molecule has 1 aliphatic carbocycles. The highest BCUT2D eigenvalue weighted by Gasteiger charge is 2.22. The van der Waals surface area contributed by atoms with Crippen molar-refractivity contribution in [3.63, 3.8) is 0 Å². The van der Waals surface area contributed by atoms with E-state index in [4.69, 9.17) is 4.74 Å². The lowest BCUT2D eigenvalue weighted by atomic mass is 10.2. The topological polar surface area (TPSA) is 69.4 Å². The van der Waals surface area contributed by atoms with Crippen molar-refractivity contribution in [1.82, 2.24) is 0 Å². The van der Waals surface area contributed by atoms with Gasteiger partial charge in [0.05, 0.1) is 10.5 Å². The standard InChI is InChI=1S/C12H12INO4/c13-11-6-5-8(14(16)17)7-10(11)12(15)18-9-3-1-2-4-9/h5-7,9H,1-4H2. The number of ether oxygens (including phenoxy) is 1. The van der Waals surface area contributed by atoms with Gasteiger partial charge in [0.25, 0.3) is 5.69 Å². The number of nitro benzene ring substituents is 1. The Morgan fingerprint density at radius 1 is 1.39 bits per heavy atom. The Kier molecular flexibility index (Phi) is 4.15. The summed E-state index contributed by atoms with van der Waals surface area (Å²) < 4.78 is 6.01. The second-order valence-electron chi connectivity index (χ2n) is 4.23. The molecule has 5 nitrogen and oxygen atoms in total. The number of benzene rings is 1. The van der Waals surface area contributed by atoms with Gasteiger partial charge < -0.3 is 4.74 Å². The molecule has 1 aromatic rings. The van der Waals surface area contributed by atoms with Crippen LogP contribution in [0.15, 0.2) is 18.2 Å². The monoisotopic (exact) mass is 361 g/mol. The van der Waals surface area contributed by atoms with Gasteiger partial charge in [0.2, 0.25) is 0 Å². The number of esters is 1. The van der Waals surface area contributed by atoms with Crippen molar-refractivity contribution in [2.75, 3.05) is 0 Å². The van der Waals surface area contributed by atoms with Crippen LogP contribution in [0.25, 0.3) is 0 Å². The first kappa shape index (κ1) is 13.3. The molecule has 6 heteroatoms. The molecule has 0 spiro atoms. The molecule has 1 fully saturated rings. The molecular formula is C12H12INO4. The van der Waals surface area contributed by atoms with Gasteiger partial charge in [-0.15, -0.1) is 0 Å². The zero-order chi connectivity index (χ0) is 13.1. The van der Waals surface area contributed by atoms with Gasteiger partial charge in [-0.05, 0) is 54.3 Å². The molecule has 0 N–H and O–H groups in total. The zero-order valence-corrected chi connectivity index (χ0v) is 11.8. The van der Waals surface area contributed by atoms with Gasteiger partial charge in [0.1, 0.15) is 6.10 Å². The van der Waals surface area contributed by atoms with Gasteiger partial charge >= 0.3 is 5.97 Å². The molecular weight excluding hydrogens is 349 g/mol. The van der Waals surface area contributed by atoms with Gasteiger partial charge in [-0.1, -0.05) is 0 Å². The van der Waals surface area contributed by atoms with E-state index in [1.165, 1.54) is 12.1 Å². The summed E-state index contributed by atoms with van der Waals surface area (Å²) in [6.45, 7) is 0. The Bertz CT molecular complexity index is 483. The first-order valence-electron chi connectivity index (χ1n) is 5.73. The summed E-state index contributed by atoms with van der Waals surface area (Å²) in [5, 5.41) is 10.7. The molecule has 0 radical (unpaired) electrons. The average molecular weight is 361 g/mol. The number of carbonyl (C=O) groups excluding carboxylic acids is 1. The van der Waals surface area contributed by atoms with E-state index in [1.54, 1.807) is 6.07 Å². The smallest absolute Gasteiger partial charge is 0.339 e. The quantitative estimate of drug-likeness (QED) is 0.359. The maximum atomic E-state index is 11.9. The molecule has 1 saturated carbocycles. The largest absolute Gasteiger partial charge is 0.459 e. The minimum atomic E-state index is -0.511. The third-order valence-electron chi connectivity index (χ3n) is 2.96. The van der Waals surface area contributed by atoms with E-state index >= 15 is 0 Å². The number of halogens is 1. The van der Waals surface area contributed by atoms with Gasteiger partial charge in [-0.25, -0.2) is 4.79 Å². The Labute approximate surface area is 118 Å². The van der Waals surface area contributed by atoms with Crippen molar-refractivity contribution < 1.29 is 14.5 Å². The average Bonchev–Trinajstić information content (AvgIpc) is 2.81. The molecule has 0 atom stereocenters. The summed E-state index contributed by atoms with van der Waals surface area (Å²) in [7, 11) is 0. The lowest BCUT2D eigenvalue weighted by molar-refractivity contribution is -0.384. The van der Waals surface area contributed by atoms with E-state index in [9.17, 15) is 14.9 Å². The summed E-state index contributed by atoms with van der Waals surface area (Å²) in [5.74, 6) is -0.463. The van der Waals surface area contributed by atoms with Crippen LogP contribution in [0, 0.1) is 13.7 Å². The minimum Gasteiger partial charge on any atom is -0.459 e. The Morgan fingerprint density at radius 3 is 2.67 bits per heavy atom. The molecule has 2 rings (SSSR count). The van der Waals surface area contributed by atoms with Crippen LogP contribution >= 0.6 is 22.6 Å². The van der Waals surface area contributed by atoms with Crippen molar-refractivity contribution in [1.29, 1.82) is 0 Å². The van der Waals surface area contributed by atoms with Crippen LogP contribution in [-0.4, -0.2) is 17.0 Å². The van der Waals surface area contributed by atoms with Gasteiger partial charge in [0.15, 0.2) is 0 Å². The molecule has 18 heavy (non-hydrogen) atoms. The molecule has 0 amide bonds. The number of nitrogens with zero attached hydrogens (tertiary/aromatic N) is 1. The molecule has 1 aromatic carbocycles. The van der Waals surface area contributed by atoms with Gasteiger partial charge in [0, 0.05) is 15.7 Å². The first-order valence-corrected chi connectivity index (χ1v) is 6.80. The number of non-ortho nitro benzene ring substituents is 1. The molecule has 0 aromatic heterocycles. The lowest BCUT2D eigenvalue weighted by Gasteiger charge is -2.11. The van der Waals surface area contributed by atoms with Crippen molar-refractivity contribution in [3.8, 4) is 0 Å². The summed E-state index contributed by atoms with van der Waals surface area (Å²) in [4.78, 5) is 22.1. The highest BCUT2D eigenvalue weighted by Crippen LogP contribution is 2.25. The third kappa shape index (κ3) is 2.98. The normalized spacial score (nSPS) is 15.6. The molecule has 0 saturated heterocycles. The Hall–Kier alpha value is -1.18. The van der Waals surface area contributed by atoms with Crippen LogP contribution in [0.4, 0.5) is 5.69 Å². The minimum absolute atomic E-state index is 0.0347. The predicted molar refractivity (Wildman–Crippen MR) is 73.5 cm³/mol. The zero-order valence-electron chi connectivity index (χ0n) is 9.60. The van der Waals surface area contributed by atoms with Crippen LogP contribution in [0.3, 0.4) is 0 Å². The Morgan fingerprint density at radius 2 is 2.06 bits per heavy atom. The second kappa shape index (κ2) is 5.64.